The highest BCUT2D eigenvalue weighted by Gasteiger charge is 2.49. The van der Waals surface area contributed by atoms with E-state index < -0.39 is 0 Å². The molecule has 4 aliphatic heterocycles. The maximum absolute atomic E-state index is 8.03. The van der Waals surface area contributed by atoms with E-state index in [1.807, 2.05) is 22.7 Å². The Kier molecular flexibility index (Phi) is 13.8. The van der Waals surface area contributed by atoms with Gasteiger partial charge in [0, 0.05) is 133 Å². The molecule has 0 bridgehead atoms. The van der Waals surface area contributed by atoms with Gasteiger partial charge in [0.1, 0.15) is 11.5 Å². The molecule has 0 radical (unpaired) electrons. The van der Waals surface area contributed by atoms with Gasteiger partial charge in [-0.1, -0.05) is 261 Å². The van der Waals surface area contributed by atoms with Crippen LogP contribution in [0.25, 0.3) is 73.7 Å². The number of thiophene rings is 2. The van der Waals surface area contributed by atoms with Crippen LogP contribution in [0.4, 0.5) is 79.6 Å². The number of nitrogens with zero attached hydrogens (tertiary/aromatic N) is 4. The highest BCUT2D eigenvalue weighted by molar-refractivity contribution is 7.27. The molecular formula is C96H61B2N5OS2. The Morgan fingerprint density at radius 2 is 0.774 bits per heavy atom. The third kappa shape index (κ3) is 9.37. The normalized spacial score (nSPS) is 12.9. The Morgan fingerprint density at radius 1 is 0.292 bits per heavy atom. The molecule has 10 heteroatoms. The standard InChI is InChI=1S/C96H61B2N5OS2/c1-6-29-61(30-7-1)68-42-26-43-69(62-31-8-2-9-32-62)94(68)103-84-60-88-79(59-78(84)97-76-47-19-22-50-81(76)101(66-37-14-5-15-38-66)86-57-67(58-87(103)92(86)97)100(64-33-10-3-11-34-64)65-35-12-4-13-36-65)98-77-48-20-23-51-82(77)102(83-52-28-46-75-72-41-18-25-54-91(72)106-96(75)83)85-55-63(56-89(104-88)93(85)98)99-80-49-21-16-39-70(80)73-44-27-45-74-71-40-17-24-53-90(71)105-95(73)74/h1-60,99H. The molecule has 494 valence electrons. The number of benzene rings is 16. The molecule has 4 aliphatic rings. The van der Waals surface area contributed by atoms with Crippen LogP contribution in [0.5, 0.6) is 11.5 Å². The number of anilines is 14. The number of ether oxygens (including phenoxy) is 1. The first-order chi connectivity index (χ1) is 52.6. The van der Waals surface area contributed by atoms with Gasteiger partial charge in [0.25, 0.3) is 13.4 Å². The Labute approximate surface area is 623 Å². The van der Waals surface area contributed by atoms with E-state index in [4.69, 9.17) is 4.74 Å². The third-order valence-electron chi connectivity index (χ3n) is 22.0. The summed E-state index contributed by atoms with van der Waals surface area (Å²) in [5.41, 5.74) is 28.7. The van der Waals surface area contributed by atoms with E-state index in [-0.39, 0.29) is 13.4 Å². The quantitative estimate of drug-likeness (QED) is 0.130. The molecule has 2 aromatic heterocycles. The second-order valence-electron chi connectivity index (χ2n) is 27.8. The highest BCUT2D eigenvalue weighted by atomic mass is 32.1. The zero-order chi connectivity index (χ0) is 69.5. The van der Waals surface area contributed by atoms with Gasteiger partial charge in [0.2, 0.25) is 0 Å². The molecule has 0 unspecified atom stereocenters. The number of hydrogen-bond acceptors (Lipinski definition) is 8. The molecule has 106 heavy (non-hydrogen) atoms. The fourth-order valence-corrected chi connectivity index (χ4v) is 20.1. The molecule has 0 amide bonds. The van der Waals surface area contributed by atoms with Gasteiger partial charge in [-0.15, -0.1) is 22.7 Å². The Balaban J connectivity index is 0.830. The molecule has 0 aliphatic carbocycles. The second-order valence-corrected chi connectivity index (χ2v) is 29.9. The largest absolute Gasteiger partial charge is 0.458 e. The predicted molar refractivity (Wildman–Crippen MR) is 453 cm³/mol. The average molecular weight is 1390 g/mol. The Bertz CT molecular complexity index is 6490. The van der Waals surface area contributed by atoms with Gasteiger partial charge in [-0.05, 0) is 135 Å². The SMILES string of the molecule is c1ccc(-c2cccc(-c3ccccc3)c2N2c3cc4c(cc3B3c5ccccc5N(c5ccccc5)c5cc(N(c6ccccc6)c6ccccc6)cc2c53)B2c3ccccc3N(c3cccc5c3sc3ccccc35)c3cc(Nc5ccccc5-c5cccc6c5sc5ccccc56)cc(c32)O4)cc1. The first-order valence-corrected chi connectivity index (χ1v) is 37.9. The van der Waals surface area contributed by atoms with Crippen LogP contribution >= 0.6 is 22.7 Å². The molecule has 6 heterocycles. The molecular weight excluding hydrogens is 1320 g/mol. The summed E-state index contributed by atoms with van der Waals surface area (Å²) in [6.07, 6.45) is 0. The maximum atomic E-state index is 8.03. The maximum Gasteiger partial charge on any atom is 0.256 e. The topological polar surface area (TPSA) is 34.2 Å². The molecule has 18 aromatic rings. The minimum atomic E-state index is -0.252. The van der Waals surface area contributed by atoms with E-state index >= 15 is 0 Å². The number of fused-ring (bicyclic) bond motifs is 14. The first-order valence-electron chi connectivity index (χ1n) is 36.3. The van der Waals surface area contributed by atoms with Crippen molar-refractivity contribution in [1.82, 2.24) is 0 Å². The number of nitrogens with one attached hydrogen (secondary N) is 1. The lowest BCUT2D eigenvalue weighted by Crippen LogP contribution is -2.64. The first kappa shape index (κ1) is 60.5. The van der Waals surface area contributed by atoms with E-state index in [1.165, 1.54) is 67.8 Å². The van der Waals surface area contributed by atoms with Crippen molar-refractivity contribution in [3.63, 3.8) is 0 Å². The summed E-state index contributed by atoms with van der Waals surface area (Å²) in [5, 5.41) is 9.16. The number of para-hydroxylation sites is 7. The van der Waals surface area contributed by atoms with Gasteiger partial charge < -0.3 is 29.7 Å². The van der Waals surface area contributed by atoms with Crippen LogP contribution in [-0.4, -0.2) is 13.4 Å². The van der Waals surface area contributed by atoms with Crippen molar-refractivity contribution in [2.45, 2.75) is 0 Å². The minimum Gasteiger partial charge on any atom is -0.458 e. The fraction of sp³-hybridized carbons (Fsp3) is 0. The van der Waals surface area contributed by atoms with Gasteiger partial charge in [-0.3, -0.25) is 0 Å². The summed E-state index contributed by atoms with van der Waals surface area (Å²) in [7, 11) is 0. The fourth-order valence-electron chi connectivity index (χ4n) is 17.6. The summed E-state index contributed by atoms with van der Waals surface area (Å²) in [6.45, 7) is -0.498. The van der Waals surface area contributed by atoms with E-state index in [2.05, 4.69) is 389 Å². The molecule has 0 saturated heterocycles. The van der Waals surface area contributed by atoms with E-state index in [1.54, 1.807) is 0 Å². The number of rotatable bonds is 11. The van der Waals surface area contributed by atoms with Crippen LogP contribution in [0.15, 0.2) is 364 Å². The monoisotopic (exact) mass is 1390 g/mol. The van der Waals surface area contributed by atoms with Gasteiger partial charge >= 0.3 is 0 Å². The summed E-state index contributed by atoms with van der Waals surface area (Å²) in [5.74, 6) is 1.61. The van der Waals surface area contributed by atoms with Crippen LogP contribution in [0, 0.1) is 0 Å². The van der Waals surface area contributed by atoms with Crippen molar-refractivity contribution in [3.8, 4) is 44.9 Å². The Hall–Kier alpha value is -13.1. The minimum absolute atomic E-state index is 0.246. The van der Waals surface area contributed by atoms with Crippen molar-refractivity contribution >= 4 is 189 Å². The van der Waals surface area contributed by atoms with Crippen LogP contribution in [0.1, 0.15) is 0 Å². The van der Waals surface area contributed by atoms with Crippen molar-refractivity contribution in [1.29, 1.82) is 0 Å². The van der Waals surface area contributed by atoms with Crippen LogP contribution in [0.3, 0.4) is 0 Å². The van der Waals surface area contributed by atoms with Crippen LogP contribution in [0.2, 0.25) is 0 Å². The van der Waals surface area contributed by atoms with Gasteiger partial charge in [-0.2, -0.15) is 0 Å². The zero-order valence-electron chi connectivity index (χ0n) is 57.3. The lowest BCUT2D eigenvalue weighted by molar-refractivity contribution is 0.488. The molecule has 1 N–H and O–H groups in total. The highest BCUT2D eigenvalue weighted by Crippen LogP contribution is 2.55. The smallest absolute Gasteiger partial charge is 0.256 e. The van der Waals surface area contributed by atoms with Gasteiger partial charge in [-0.25, -0.2) is 0 Å². The van der Waals surface area contributed by atoms with E-state index in [0.717, 1.165) is 130 Å². The summed E-state index contributed by atoms with van der Waals surface area (Å²) in [4.78, 5) is 10.1. The van der Waals surface area contributed by atoms with Crippen molar-refractivity contribution < 1.29 is 4.74 Å². The molecule has 16 aromatic carbocycles. The van der Waals surface area contributed by atoms with Crippen molar-refractivity contribution in [3.05, 3.63) is 364 Å². The second kappa shape index (κ2) is 24.3. The van der Waals surface area contributed by atoms with Gasteiger partial charge in [0.05, 0.1) is 21.8 Å². The zero-order valence-corrected chi connectivity index (χ0v) is 58.9. The van der Waals surface area contributed by atoms with Crippen LogP contribution in [-0.2, 0) is 0 Å². The van der Waals surface area contributed by atoms with Gasteiger partial charge in [0.15, 0.2) is 0 Å². The van der Waals surface area contributed by atoms with Crippen LogP contribution < -0.4 is 62.4 Å². The lowest BCUT2D eigenvalue weighted by Gasteiger charge is -2.46. The number of hydrogen-bond donors (Lipinski definition) is 1. The lowest BCUT2D eigenvalue weighted by atomic mass is 9.30. The Morgan fingerprint density at radius 3 is 1.44 bits per heavy atom. The average Bonchev–Trinajstić information content (AvgIpc) is 0.819. The molecule has 0 fully saturated rings. The predicted octanol–water partition coefficient (Wildman–Crippen LogP) is 23.1. The molecule has 22 rings (SSSR count). The third-order valence-corrected chi connectivity index (χ3v) is 24.4. The van der Waals surface area contributed by atoms with Crippen molar-refractivity contribution in [2.75, 3.05) is 24.9 Å². The summed E-state index contributed by atoms with van der Waals surface area (Å²) >= 11 is 3.73. The van der Waals surface area contributed by atoms with E-state index in [0.29, 0.717) is 0 Å². The van der Waals surface area contributed by atoms with Crippen molar-refractivity contribution in [2.24, 2.45) is 0 Å². The molecule has 0 atom stereocenters. The molecule has 6 nitrogen and oxygen atoms in total. The van der Waals surface area contributed by atoms with E-state index in [9.17, 15) is 0 Å². The molecule has 0 spiro atoms. The molecule has 0 saturated carbocycles. The summed E-state index contributed by atoms with van der Waals surface area (Å²) in [6, 6.07) is 134. The summed E-state index contributed by atoms with van der Waals surface area (Å²) < 4.78 is 13.1.